The molecule has 1 aliphatic carbocycles. The quantitative estimate of drug-likeness (QED) is 0.256. The highest BCUT2D eigenvalue weighted by Gasteiger charge is 2.29. The third-order valence-electron chi connectivity index (χ3n) is 7.94. The molecule has 4 aromatic carbocycles. The summed E-state index contributed by atoms with van der Waals surface area (Å²) in [5.74, 6) is -0.0162. The number of carbonyl (C=O) groups is 1. The Morgan fingerprint density at radius 1 is 0.972 bits per heavy atom. The monoisotopic (exact) mass is 477 g/mol. The van der Waals surface area contributed by atoms with Crippen LogP contribution in [0.4, 0.5) is 0 Å². The van der Waals surface area contributed by atoms with Gasteiger partial charge >= 0.3 is 5.97 Å². The van der Waals surface area contributed by atoms with Crippen LogP contribution in [0.1, 0.15) is 76.3 Å². The lowest BCUT2D eigenvalue weighted by Crippen LogP contribution is -2.23. The van der Waals surface area contributed by atoms with Crippen molar-refractivity contribution < 1.29 is 9.90 Å². The van der Waals surface area contributed by atoms with Gasteiger partial charge in [0.05, 0.1) is 5.56 Å². The average Bonchev–Trinajstić information content (AvgIpc) is 2.90. The molecule has 2 N–H and O–H groups in total. The first-order valence-corrected chi connectivity index (χ1v) is 13.1. The third-order valence-corrected chi connectivity index (χ3v) is 7.94. The van der Waals surface area contributed by atoms with E-state index in [1.807, 2.05) is 12.1 Å². The zero-order valence-corrected chi connectivity index (χ0v) is 21.2. The van der Waals surface area contributed by atoms with Crippen LogP contribution in [0.5, 0.6) is 0 Å². The topological polar surface area (TPSA) is 49.3 Å². The Morgan fingerprint density at radius 3 is 2.61 bits per heavy atom. The van der Waals surface area contributed by atoms with E-state index in [2.05, 4.69) is 85.9 Å². The van der Waals surface area contributed by atoms with Crippen LogP contribution in [0.3, 0.4) is 0 Å². The van der Waals surface area contributed by atoms with Gasteiger partial charge in [-0.1, -0.05) is 72.8 Å². The Balaban J connectivity index is 1.26. The molecular formula is C33H35NO2. The maximum atomic E-state index is 11.7. The molecule has 0 aliphatic heterocycles. The lowest BCUT2D eigenvalue weighted by Gasteiger charge is -2.33. The molecule has 0 saturated heterocycles. The number of fused-ring (bicyclic) bond motifs is 2. The van der Waals surface area contributed by atoms with E-state index < -0.39 is 5.97 Å². The first-order chi connectivity index (χ1) is 17.5. The van der Waals surface area contributed by atoms with Gasteiger partial charge in [0.15, 0.2) is 0 Å². The summed E-state index contributed by atoms with van der Waals surface area (Å²) >= 11 is 0. The molecule has 3 atom stereocenters. The molecule has 0 radical (unpaired) electrons. The summed E-state index contributed by atoms with van der Waals surface area (Å²) < 4.78 is 0. The Morgan fingerprint density at radius 2 is 1.75 bits per heavy atom. The minimum atomic E-state index is -0.858. The summed E-state index contributed by atoms with van der Waals surface area (Å²) in [4.78, 5) is 11.7. The van der Waals surface area contributed by atoms with Crippen molar-refractivity contribution in [2.45, 2.75) is 51.5 Å². The molecule has 2 unspecified atom stereocenters. The van der Waals surface area contributed by atoms with Gasteiger partial charge in [-0.3, -0.25) is 0 Å². The van der Waals surface area contributed by atoms with Crippen LogP contribution in [0.15, 0.2) is 84.9 Å². The Kier molecular flexibility index (Phi) is 7.20. The molecule has 5 rings (SSSR count). The van der Waals surface area contributed by atoms with Crippen molar-refractivity contribution >= 4 is 16.7 Å². The molecule has 0 heterocycles. The van der Waals surface area contributed by atoms with E-state index in [1.165, 1.54) is 33.0 Å². The lowest BCUT2D eigenvalue weighted by atomic mass is 9.71. The fourth-order valence-corrected chi connectivity index (χ4v) is 6.03. The van der Waals surface area contributed by atoms with Gasteiger partial charge in [0.2, 0.25) is 0 Å². The van der Waals surface area contributed by atoms with Crippen LogP contribution in [-0.2, 0) is 6.42 Å². The van der Waals surface area contributed by atoms with E-state index in [0.29, 0.717) is 17.5 Å². The summed E-state index contributed by atoms with van der Waals surface area (Å²) in [6.07, 6.45) is 4.46. The normalized spacial score (nSPS) is 18.1. The maximum absolute atomic E-state index is 11.7. The van der Waals surface area contributed by atoms with E-state index in [0.717, 1.165) is 37.8 Å². The fourth-order valence-electron chi connectivity index (χ4n) is 6.03. The SMILES string of the molecule is Cc1ccc(C(=O)O)cc1C1CC(CCCN[C@H](C)c2cccc3ccccc23)Cc2ccccc21. The smallest absolute Gasteiger partial charge is 0.335 e. The van der Waals surface area contributed by atoms with E-state index in [9.17, 15) is 9.90 Å². The maximum Gasteiger partial charge on any atom is 0.335 e. The zero-order valence-electron chi connectivity index (χ0n) is 21.2. The summed E-state index contributed by atoms with van der Waals surface area (Å²) in [5, 5.41) is 15.9. The Hall–Kier alpha value is -3.43. The largest absolute Gasteiger partial charge is 0.478 e. The second-order valence-electron chi connectivity index (χ2n) is 10.3. The number of benzene rings is 4. The predicted molar refractivity (Wildman–Crippen MR) is 148 cm³/mol. The Labute approximate surface area is 214 Å². The van der Waals surface area contributed by atoms with Gasteiger partial charge in [-0.2, -0.15) is 0 Å². The molecule has 0 spiro atoms. The van der Waals surface area contributed by atoms with Gasteiger partial charge in [0, 0.05) is 12.0 Å². The van der Waals surface area contributed by atoms with Crippen molar-refractivity contribution in [2.75, 3.05) is 6.54 Å². The number of rotatable bonds is 8. The number of aryl methyl sites for hydroxylation is 1. The van der Waals surface area contributed by atoms with Gasteiger partial charge in [-0.05, 0) is 103 Å². The van der Waals surface area contributed by atoms with Gasteiger partial charge in [-0.15, -0.1) is 0 Å². The number of aromatic carboxylic acids is 1. The van der Waals surface area contributed by atoms with Crippen LogP contribution < -0.4 is 5.32 Å². The lowest BCUT2D eigenvalue weighted by molar-refractivity contribution is 0.0696. The molecule has 1 aliphatic rings. The van der Waals surface area contributed by atoms with Crippen LogP contribution >= 0.6 is 0 Å². The number of carboxylic acid groups (broad SMARTS) is 1. The molecule has 3 nitrogen and oxygen atoms in total. The number of hydrogen-bond acceptors (Lipinski definition) is 2. The van der Waals surface area contributed by atoms with Gasteiger partial charge in [-0.25, -0.2) is 4.79 Å². The zero-order chi connectivity index (χ0) is 25.1. The third kappa shape index (κ3) is 5.08. The van der Waals surface area contributed by atoms with Crippen LogP contribution in [0.25, 0.3) is 10.8 Å². The standard InChI is InChI=1S/C33H35NO2/c1-22-16-17-27(33(35)36)21-31(22)32-20-24(19-26-11-4-6-14-30(26)32)9-8-18-34-23(2)28-15-7-12-25-10-3-5-13-29(25)28/h3-7,10-17,21,23-24,32,34H,8-9,18-20H2,1-2H3,(H,35,36)/t23-,24?,32?/m1/s1. The summed E-state index contributed by atoms with van der Waals surface area (Å²) in [7, 11) is 0. The summed E-state index contributed by atoms with van der Waals surface area (Å²) in [6, 6.07) is 29.8. The minimum absolute atomic E-state index is 0.252. The molecule has 0 amide bonds. The van der Waals surface area contributed by atoms with Crippen molar-refractivity contribution in [2.24, 2.45) is 5.92 Å². The highest BCUT2D eigenvalue weighted by atomic mass is 16.4. The molecule has 184 valence electrons. The molecule has 0 saturated carbocycles. The van der Waals surface area contributed by atoms with Crippen molar-refractivity contribution in [3.63, 3.8) is 0 Å². The number of carboxylic acids is 1. The number of nitrogens with one attached hydrogen (secondary N) is 1. The first kappa shape index (κ1) is 24.3. The van der Waals surface area contributed by atoms with E-state index in [1.54, 1.807) is 6.07 Å². The van der Waals surface area contributed by atoms with Crippen molar-refractivity contribution in [3.05, 3.63) is 118 Å². The number of hydrogen-bond donors (Lipinski definition) is 2. The van der Waals surface area contributed by atoms with Gasteiger partial charge in [0.1, 0.15) is 0 Å². The van der Waals surface area contributed by atoms with Crippen molar-refractivity contribution in [1.29, 1.82) is 0 Å². The Bertz CT molecular complexity index is 1370. The van der Waals surface area contributed by atoms with Crippen LogP contribution in [-0.4, -0.2) is 17.6 Å². The van der Waals surface area contributed by atoms with Crippen molar-refractivity contribution in [3.8, 4) is 0 Å². The van der Waals surface area contributed by atoms with Crippen LogP contribution in [0, 0.1) is 12.8 Å². The summed E-state index contributed by atoms with van der Waals surface area (Å²) in [6.45, 7) is 5.35. The van der Waals surface area contributed by atoms with Gasteiger partial charge in [0.25, 0.3) is 0 Å². The fraction of sp³-hybridized carbons (Fsp3) is 0.303. The summed E-state index contributed by atoms with van der Waals surface area (Å²) in [5.41, 5.74) is 6.84. The van der Waals surface area contributed by atoms with Gasteiger partial charge < -0.3 is 10.4 Å². The van der Waals surface area contributed by atoms with E-state index >= 15 is 0 Å². The molecular weight excluding hydrogens is 442 g/mol. The van der Waals surface area contributed by atoms with Crippen LogP contribution in [0.2, 0.25) is 0 Å². The highest BCUT2D eigenvalue weighted by molar-refractivity contribution is 5.88. The first-order valence-electron chi connectivity index (χ1n) is 13.1. The van der Waals surface area contributed by atoms with E-state index in [4.69, 9.17) is 0 Å². The molecule has 0 fully saturated rings. The highest BCUT2D eigenvalue weighted by Crippen LogP contribution is 2.42. The van der Waals surface area contributed by atoms with E-state index in [-0.39, 0.29) is 5.92 Å². The second-order valence-corrected chi connectivity index (χ2v) is 10.3. The van der Waals surface area contributed by atoms with Crippen molar-refractivity contribution in [1.82, 2.24) is 5.32 Å². The average molecular weight is 478 g/mol. The predicted octanol–water partition coefficient (Wildman–Crippen LogP) is 7.67. The molecule has 36 heavy (non-hydrogen) atoms. The second kappa shape index (κ2) is 10.7. The molecule has 3 heteroatoms. The minimum Gasteiger partial charge on any atom is -0.478 e. The molecule has 0 bridgehead atoms. The molecule has 0 aromatic heterocycles. The molecule has 4 aromatic rings.